The first-order chi connectivity index (χ1) is 36.5. The Morgan fingerprint density at radius 3 is 1.59 bits per heavy atom. The van der Waals surface area contributed by atoms with Gasteiger partial charge in [-0.25, -0.2) is 18.7 Å². The monoisotopic (exact) mass is 1430 g/mol. The molecule has 0 saturated carbocycles. The first kappa shape index (κ1) is 60.1. The number of aromatic nitrogens is 8. The SMILES string of the molecule is CC1(C)OB(c2cn[nH]c2)OC1(C)C.O=C(NCc1cccnc1)c1ccc(-c2cn[nH]c2)nc1NCCc1cccc(F)c1.O=C(NCc1cccnc1)c1ccc(Cl)nc1NCCc1cccc(F)c1.[I][V]([I])[I]. The summed E-state index contributed by atoms with van der Waals surface area (Å²) in [7, 11) is -0.307. The summed E-state index contributed by atoms with van der Waals surface area (Å²) in [5.74, 6) is -0.210. The molecule has 0 spiro atoms. The summed E-state index contributed by atoms with van der Waals surface area (Å²) in [5.41, 5.74) is 6.20. The number of benzene rings is 2. The van der Waals surface area contributed by atoms with E-state index >= 15 is 0 Å². The molecule has 0 radical (unpaired) electrons. The van der Waals surface area contributed by atoms with Crippen molar-refractivity contribution < 1.29 is 32.6 Å². The van der Waals surface area contributed by atoms with Crippen LogP contribution in [-0.2, 0) is 40.2 Å². The van der Waals surface area contributed by atoms with Crippen molar-refractivity contribution in [2.45, 2.75) is 64.8 Å². The molecule has 2 aromatic carbocycles. The fraction of sp³-hybridized carbons (Fsp3) is 0.231. The van der Waals surface area contributed by atoms with Gasteiger partial charge in [0.25, 0.3) is 11.8 Å². The number of carbonyl (C=O) groups is 2. The van der Waals surface area contributed by atoms with Crippen LogP contribution in [0.1, 0.15) is 70.7 Å². The molecular weight excluding hydrogens is 1370 g/mol. The van der Waals surface area contributed by atoms with E-state index in [1.54, 1.807) is 86.0 Å². The van der Waals surface area contributed by atoms with Gasteiger partial charge in [0.1, 0.15) is 28.4 Å². The second-order valence-corrected chi connectivity index (χ2v) is 53.4. The van der Waals surface area contributed by atoms with Crippen LogP contribution >= 0.6 is 71.5 Å². The van der Waals surface area contributed by atoms with Gasteiger partial charge in [0, 0.05) is 80.6 Å². The average Bonchev–Trinajstić information content (AvgIpc) is 4.19. The molecule has 396 valence electrons. The summed E-state index contributed by atoms with van der Waals surface area (Å²) in [5, 5.41) is 25.7. The van der Waals surface area contributed by atoms with E-state index < -0.39 is 0 Å². The number of anilines is 2. The van der Waals surface area contributed by atoms with Gasteiger partial charge < -0.3 is 30.6 Å². The summed E-state index contributed by atoms with van der Waals surface area (Å²) in [6.45, 7) is 9.84. The molecule has 1 aliphatic rings. The van der Waals surface area contributed by atoms with Gasteiger partial charge in [-0.1, -0.05) is 48.0 Å². The molecule has 24 heteroatoms. The maximum absolute atomic E-state index is 13.4. The van der Waals surface area contributed by atoms with E-state index in [4.69, 9.17) is 20.9 Å². The van der Waals surface area contributed by atoms with Crippen LogP contribution in [0.25, 0.3) is 11.3 Å². The van der Waals surface area contributed by atoms with Crippen molar-refractivity contribution in [1.29, 1.82) is 0 Å². The molecule has 6 N–H and O–H groups in total. The van der Waals surface area contributed by atoms with Gasteiger partial charge in [0.05, 0.1) is 34.2 Å². The predicted octanol–water partition coefficient (Wildman–Crippen LogP) is 10.8. The van der Waals surface area contributed by atoms with E-state index in [1.807, 2.05) is 64.1 Å². The topological polar surface area (TPSA) is 210 Å². The Morgan fingerprint density at radius 1 is 0.645 bits per heavy atom. The molecule has 1 aliphatic heterocycles. The van der Waals surface area contributed by atoms with E-state index in [0.717, 1.165) is 33.3 Å². The van der Waals surface area contributed by atoms with E-state index in [1.165, 1.54) is 24.3 Å². The van der Waals surface area contributed by atoms with Gasteiger partial charge in [0.2, 0.25) is 0 Å². The van der Waals surface area contributed by atoms with Crippen LogP contribution in [0.5, 0.6) is 0 Å². The summed E-state index contributed by atoms with van der Waals surface area (Å²) in [6, 6.07) is 27.0. The van der Waals surface area contributed by atoms with Gasteiger partial charge in [-0.05, 0) is 123 Å². The van der Waals surface area contributed by atoms with Crippen molar-refractivity contribution >= 4 is 108 Å². The van der Waals surface area contributed by atoms with Crippen molar-refractivity contribution in [2.24, 2.45) is 0 Å². The zero-order valence-electron chi connectivity index (χ0n) is 41.7. The molecule has 0 bridgehead atoms. The minimum absolute atomic E-state index is 0.247. The Hall–Kier alpha value is -5.09. The summed E-state index contributed by atoms with van der Waals surface area (Å²) < 4.78 is 38.3. The van der Waals surface area contributed by atoms with Crippen LogP contribution in [0.4, 0.5) is 20.4 Å². The zero-order chi connectivity index (χ0) is 54.5. The number of rotatable bonds is 16. The quantitative estimate of drug-likeness (QED) is 0.0303. The molecule has 0 atom stereocenters. The third-order valence-electron chi connectivity index (χ3n) is 11.6. The summed E-state index contributed by atoms with van der Waals surface area (Å²) in [4.78, 5) is 42.0. The first-order valence-electron chi connectivity index (χ1n) is 23.6. The van der Waals surface area contributed by atoms with Crippen LogP contribution in [-0.4, -0.2) is 83.6 Å². The Bertz CT molecular complexity index is 3050. The predicted molar refractivity (Wildman–Crippen MR) is 315 cm³/mol. The Morgan fingerprint density at radius 2 is 1.13 bits per heavy atom. The zero-order valence-corrected chi connectivity index (χ0v) is 50.3. The molecular formula is C52H54BClF2I3N12O4V. The molecule has 76 heavy (non-hydrogen) atoms. The number of nitrogens with one attached hydrogen (secondary N) is 6. The van der Waals surface area contributed by atoms with E-state index in [-0.39, 0.29) is 51.8 Å². The van der Waals surface area contributed by atoms with Crippen molar-refractivity contribution in [2.75, 3.05) is 23.7 Å². The van der Waals surface area contributed by atoms with Gasteiger partial charge in [-0.2, -0.15) is 10.2 Å². The van der Waals surface area contributed by atoms with Crippen LogP contribution < -0.4 is 26.7 Å². The standard InChI is InChI=1S/C23H21FN6O.C20H18ClFN4O.C9H15BN2O2.3HI.V/c24-19-5-1-3-16(11-19)8-10-26-22-20(6-7-21(30-22)18-14-28-29-15-18)23(31)27-13-17-4-2-9-25-12-17;21-18-7-6-17(20(27)25-13-15-4-2-9-23-12-15)19(26-18)24-10-8-14-3-1-5-16(22)11-14;1-8(2)9(3,4)14-10(13-8)7-5-11-12-6-7;;;;/h1-7,9,11-12,14-15H,8,10,13H2,(H,26,30)(H,27,31)(H,28,29);1-7,9,11-12H,8,10,13H2,(H,24,26)(H,25,27);5-6H,1-4H3,(H,11,12);3*1H;/q;;;;;;+3/p-3. The van der Waals surface area contributed by atoms with Crippen molar-refractivity contribution in [3.8, 4) is 11.3 Å². The fourth-order valence-corrected chi connectivity index (χ4v) is 7.19. The van der Waals surface area contributed by atoms with E-state index in [9.17, 15) is 18.4 Å². The third kappa shape index (κ3) is 19.4. The van der Waals surface area contributed by atoms with Crippen LogP contribution in [0.2, 0.25) is 5.15 Å². The van der Waals surface area contributed by atoms with Gasteiger partial charge in [-0.3, -0.25) is 29.8 Å². The van der Waals surface area contributed by atoms with Gasteiger partial charge in [0.15, 0.2) is 0 Å². The number of amides is 2. The van der Waals surface area contributed by atoms with Crippen LogP contribution in [0, 0.1) is 11.6 Å². The van der Waals surface area contributed by atoms with Gasteiger partial charge >= 0.3 is 72.0 Å². The second-order valence-electron chi connectivity index (χ2n) is 17.6. The van der Waals surface area contributed by atoms with E-state index in [2.05, 4.69) is 122 Å². The molecule has 0 aliphatic carbocycles. The molecule has 16 nitrogen and oxygen atoms in total. The average molecular weight is 1430 g/mol. The number of nitrogens with zero attached hydrogens (tertiary/aromatic N) is 6. The van der Waals surface area contributed by atoms with Crippen molar-refractivity contribution in [1.82, 2.24) is 51.0 Å². The number of hydrogen-bond donors (Lipinski definition) is 6. The number of H-pyrrole nitrogens is 2. The van der Waals surface area contributed by atoms with Gasteiger partial charge in [-0.15, -0.1) is 0 Å². The molecule has 6 aromatic heterocycles. The van der Waals surface area contributed by atoms with E-state index in [0.29, 0.717) is 67.5 Å². The molecule has 1 saturated heterocycles. The third-order valence-corrected chi connectivity index (χ3v) is 11.8. The molecule has 0 unspecified atom stereocenters. The maximum atomic E-state index is 13.4. The van der Waals surface area contributed by atoms with Crippen molar-refractivity contribution in [3.63, 3.8) is 0 Å². The normalized spacial score (nSPS) is 13.0. The molecule has 8 aromatic rings. The second kappa shape index (κ2) is 30.2. The summed E-state index contributed by atoms with van der Waals surface area (Å²) >= 11 is 13.4. The fourth-order valence-electron chi connectivity index (χ4n) is 7.05. The molecule has 7 heterocycles. The number of aromatic amines is 2. The first-order valence-corrected chi connectivity index (χ1v) is 37.5. The molecule has 1 fully saturated rings. The Balaban J connectivity index is 0.000000189. The number of hydrogen-bond acceptors (Lipinski definition) is 12. The Kier molecular flexibility index (Phi) is 23.9. The van der Waals surface area contributed by atoms with Crippen LogP contribution in [0.15, 0.2) is 147 Å². The molecule has 2 amide bonds. The molecule has 9 rings (SSSR count). The number of halogens is 6. The van der Waals surface area contributed by atoms with Crippen molar-refractivity contribution in [3.05, 3.63) is 197 Å². The van der Waals surface area contributed by atoms with Crippen LogP contribution in [0.3, 0.4) is 0 Å². The number of carbonyl (C=O) groups excluding carboxylic acids is 2. The number of pyridine rings is 4. The minimum atomic E-state index is -0.307. The summed E-state index contributed by atoms with van der Waals surface area (Å²) in [6.07, 6.45) is 14.9. The Labute approximate surface area is 483 Å².